The van der Waals surface area contributed by atoms with Crippen molar-refractivity contribution >= 4 is 35.6 Å². The fourth-order valence-corrected chi connectivity index (χ4v) is 1.74. The molecule has 0 aliphatic rings. The van der Waals surface area contributed by atoms with Crippen LogP contribution in [0.3, 0.4) is 0 Å². The van der Waals surface area contributed by atoms with E-state index in [2.05, 4.69) is 16.0 Å². The molecule has 1 aromatic rings. The molecule has 1 rings (SSSR count). The molecule has 1 atom stereocenters. The Kier molecular flexibility index (Phi) is 7.04. The van der Waals surface area contributed by atoms with E-state index in [1.54, 1.807) is 18.2 Å². The largest absolute Gasteiger partial charge is 0.348 e. The third-order valence-corrected chi connectivity index (χ3v) is 2.86. The van der Waals surface area contributed by atoms with Crippen LogP contribution < -0.4 is 16.0 Å². The highest BCUT2D eigenvalue weighted by Crippen LogP contribution is 2.10. The van der Waals surface area contributed by atoms with Crippen LogP contribution in [0.15, 0.2) is 24.3 Å². The van der Waals surface area contributed by atoms with E-state index in [1.165, 1.54) is 13.0 Å². The van der Waals surface area contributed by atoms with E-state index in [4.69, 9.17) is 11.6 Å². The highest BCUT2D eigenvalue weighted by molar-refractivity contribution is 6.30. The monoisotopic (exact) mass is 325 g/mol. The maximum absolute atomic E-state index is 11.8. The van der Waals surface area contributed by atoms with Crippen LogP contribution in [0, 0.1) is 0 Å². The molecule has 0 aliphatic carbocycles. The number of aldehydes is 1. The van der Waals surface area contributed by atoms with Crippen LogP contribution in [-0.4, -0.2) is 43.1 Å². The maximum atomic E-state index is 11.8. The minimum absolute atomic E-state index is 0.120. The molecule has 118 valence electrons. The number of benzene rings is 1. The molecule has 3 amide bonds. The number of hydrogen-bond donors (Lipinski definition) is 3. The molecule has 0 heterocycles. The maximum Gasteiger partial charge on any atom is 0.251 e. The summed E-state index contributed by atoms with van der Waals surface area (Å²) >= 11 is 5.77. The molecular formula is C14H16ClN3O4. The van der Waals surface area contributed by atoms with Crippen molar-refractivity contribution in [2.45, 2.75) is 13.0 Å². The number of nitrogens with one attached hydrogen (secondary N) is 3. The second-order valence-electron chi connectivity index (χ2n) is 4.39. The van der Waals surface area contributed by atoms with E-state index in [-0.39, 0.29) is 13.1 Å². The first kappa shape index (κ1) is 17.6. The van der Waals surface area contributed by atoms with Crippen LogP contribution in [0.5, 0.6) is 0 Å². The molecule has 7 nitrogen and oxygen atoms in total. The minimum atomic E-state index is -0.810. The predicted octanol–water partition coefficient (Wildman–Crippen LogP) is -0.110. The van der Waals surface area contributed by atoms with Gasteiger partial charge in [0.15, 0.2) is 0 Å². The Bertz CT molecular complexity index is 577. The van der Waals surface area contributed by atoms with Gasteiger partial charge in [-0.15, -0.1) is 0 Å². The predicted molar refractivity (Wildman–Crippen MR) is 80.5 cm³/mol. The lowest BCUT2D eigenvalue weighted by molar-refractivity contribution is -0.128. The molecule has 0 radical (unpaired) electrons. The van der Waals surface area contributed by atoms with Gasteiger partial charge in [-0.1, -0.05) is 17.7 Å². The van der Waals surface area contributed by atoms with Gasteiger partial charge in [0.05, 0.1) is 13.1 Å². The zero-order valence-electron chi connectivity index (χ0n) is 11.9. The second kappa shape index (κ2) is 8.78. The third-order valence-electron chi connectivity index (χ3n) is 2.63. The zero-order chi connectivity index (χ0) is 16.5. The molecule has 0 saturated heterocycles. The Labute approximate surface area is 132 Å². The van der Waals surface area contributed by atoms with Gasteiger partial charge in [-0.3, -0.25) is 14.4 Å². The van der Waals surface area contributed by atoms with E-state index < -0.39 is 23.8 Å². The highest BCUT2D eigenvalue weighted by atomic mass is 35.5. The van der Waals surface area contributed by atoms with Gasteiger partial charge >= 0.3 is 0 Å². The van der Waals surface area contributed by atoms with E-state index >= 15 is 0 Å². The van der Waals surface area contributed by atoms with Crippen LogP contribution in [0.4, 0.5) is 0 Å². The Balaban J connectivity index is 2.41. The summed E-state index contributed by atoms with van der Waals surface area (Å²) in [6.07, 6.45) is 0.539. The summed E-state index contributed by atoms with van der Waals surface area (Å²) in [5.41, 5.74) is 0.331. The molecule has 0 aromatic heterocycles. The van der Waals surface area contributed by atoms with Crippen molar-refractivity contribution in [2.24, 2.45) is 0 Å². The van der Waals surface area contributed by atoms with Crippen LogP contribution in [0.1, 0.15) is 17.3 Å². The SMILES string of the molecule is CC(NC(=O)CNC(=O)c1cccc(Cl)c1)C(=O)NCC=O. The summed E-state index contributed by atoms with van der Waals surface area (Å²) in [6.45, 7) is 1.07. The summed E-state index contributed by atoms with van der Waals surface area (Å²) < 4.78 is 0. The Morgan fingerprint density at radius 3 is 2.64 bits per heavy atom. The van der Waals surface area contributed by atoms with Gasteiger partial charge in [0.25, 0.3) is 5.91 Å². The Morgan fingerprint density at radius 1 is 1.27 bits per heavy atom. The second-order valence-corrected chi connectivity index (χ2v) is 4.83. The standard InChI is InChI=1S/C14H16ClN3O4/c1-9(13(21)16-5-6-19)18-12(20)8-17-14(22)10-3-2-4-11(15)7-10/h2-4,6-7,9H,5,8H2,1H3,(H,16,21)(H,17,22)(H,18,20). The number of carbonyl (C=O) groups is 4. The van der Waals surface area contributed by atoms with Gasteiger partial charge in [-0.25, -0.2) is 0 Å². The van der Waals surface area contributed by atoms with Crippen molar-refractivity contribution in [3.8, 4) is 0 Å². The molecule has 0 aliphatic heterocycles. The number of amides is 3. The first-order valence-electron chi connectivity index (χ1n) is 6.48. The Morgan fingerprint density at radius 2 is 2.00 bits per heavy atom. The van der Waals surface area contributed by atoms with Gasteiger partial charge in [0.1, 0.15) is 12.3 Å². The van der Waals surface area contributed by atoms with Gasteiger partial charge < -0.3 is 20.7 Å². The number of hydrogen-bond acceptors (Lipinski definition) is 4. The summed E-state index contributed by atoms with van der Waals surface area (Å²) in [4.78, 5) is 45.0. The van der Waals surface area contributed by atoms with Crippen molar-refractivity contribution < 1.29 is 19.2 Å². The van der Waals surface area contributed by atoms with Crippen LogP contribution in [-0.2, 0) is 14.4 Å². The van der Waals surface area contributed by atoms with Gasteiger partial charge in [0.2, 0.25) is 11.8 Å². The topological polar surface area (TPSA) is 104 Å². The molecule has 22 heavy (non-hydrogen) atoms. The summed E-state index contributed by atoms with van der Waals surface area (Å²) in [7, 11) is 0. The highest BCUT2D eigenvalue weighted by Gasteiger charge is 2.15. The average molecular weight is 326 g/mol. The van der Waals surface area contributed by atoms with Crippen LogP contribution in [0.2, 0.25) is 5.02 Å². The summed E-state index contributed by atoms with van der Waals surface area (Å²) in [5, 5.41) is 7.54. The number of rotatable bonds is 7. The van der Waals surface area contributed by atoms with E-state index in [9.17, 15) is 19.2 Å². The first-order chi connectivity index (χ1) is 10.4. The molecule has 1 unspecified atom stereocenters. The first-order valence-corrected chi connectivity index (χ1v) is 6.86. The zero-order valence-corrected chi connectivity index (χ0v) is 12.6. The van der Waals surface area contributed by atoms with Crippen molar-refractivity contribution in [2.75, 3.05) is 13.1 Å². The fourth-order valence-electron chi connectivity index (χ4n) is 1.55. The van der Waals surface area contributed by atoms with Crippen molar-refractivity contribution in [3.05, 3.63) is 34.9 Å². The lowest BCUT2D eigenvalue weighted by atomic mass is 10.2. The Hall–Kier alpha value is -2.41. The smallest absolute Gasteiger partial charge is 0.251 e. The molecule has 0 spiro atoms. The van der Waals surface area contributed by atoms with Crippen molar-refractivity contribution in [1.82, 2.24) is 16.0 Å². The van der Waals surface area contributed by atoms with Crippen LogP contribution >= 0.6 is 11.6 Å². The molecule has 0 bridgehead atoms. The molecule has 8 heteroatoms. The van der Waals surface area contributed by atoms with Crippen molar-refractivity contribution in [1.29, 1.82) is 0 Å². The fraction of sp³-hybridized carbons (Fsp3) is 0.286. The molecular weight excluding hydrogens is 310 g/mol. The quantitative estimate of drug-likeness (QED) is 0.608. The summed E-state index contributed by atoms with van der Waals surface area (Å²) in [5.74, 6) is -1.46. The normalized spacial score (nSPS) is 11.2. The lowest BCUT2D eigenvalue weighted by Crippen LogP contribution is -2.48. The van der Waals surface area contributed by atoms with Gasteiger partial charge in [0, 0.05) is 10.6 Å². The number of halogens is 1. The van der Waals surface area contributed by atoms with Gasteiger partial charge in [-0.2, -0.15) is 0 Å². The third kappa shape index (κ3) is 5.92. The molecule has 1 aromatic carbocycles. The molecule has 0 saturated carbocycles. The number of carbonyl (C=O) groups excluding carboxylic acids is 4. The molecule has 0 fully saturated rings. The van der Waals surface area contributed by atoms with Crippen molar-refractivity contribution in [3.63, 3.8) is 0 Å². The van der Waals surface area contributed by atoms with E-state index in [1.807, 2.05) is 0 Å². The van der Waals surface area contributed by atoms with Crippen LogP contribution in [0.25, 0.3) is 0 Å². The lowest BCUT2D eigenvalue weighted by Gasteiger charge is -2.13. The molecule has 3 N–H and O–H groups in total. The van der Waals surface area contributed by atoms with Gasteiger partial charge in [-0.05, 0) is 25.1 Å². The average Bonchev–Trinajstić information content (AvgIpc) is 2.50. The summed E-state index contributed by atoms with van der Waals surface area (Å²) in [6, 6.07) is 5.48. The minimum Gasteiger partial charge on any atom is -0.348 e. The van der Waals surface area contributed by atoms with E-state index in [0.29, 0.717) is 16.9 Å². The van der Waals surface area contributed by atoms with E-state index in [0.717, 1.165) is 0 Å².